The molecule has 0 saturated carbocycles. The minimum absolute atomic E-state index is 0.176. The molecule has 0 amide bonds. The number of benzene rings is 1. The maximum Gasteiger partial charge on any atom is 0.390 e. The van der Waals surface area contributed by atoms with Gasteiger partial charge in [0.2, 0.25) is 0 Å². The molecule has 0 aromatic heterocycles. The minimum Gasteiger partial charge on any atom is -0.390 e. The molecule has 0 aliphatic carbocycles. The maximum absolute atomic E-state index is 12.2. The Balaban J connectivity index is 1.73. The third-order valence-corrected chi connectivity index (χ3v) is 3.92. The molecular weight excluding hydrogens is 293 g/mol. The zero-order chi connectivity index (χ0) is 16.2. The Hall–Kier alpha value is -1.11. The molecule has 22 heavy (non-hydrogen) atoms. The minimum atomic E-state index is -4.17. The highest BCUT2D eigenvalue weighted by Crippen LogP contribution is 2.21. The van der Waals surface area contributed by atoms with Gasteiger partial charge in [0.05, 0.1) is 12.5 Å². The number of halogens is 3. The van der Waals surface area contributed by atoms with Crippen LogP contribution in [0.2, 0.25) is 0 Å². The number of hydrogen-bond acceptors (Lipinski definition) is 3. The van der Waals surface area contributed by atoms with Gasteiger partial charge in [-0.15, -0.1) is 0 Å². The van der Waals surface area contributed by atoms with Crippen molar-refractivity contribution < 1.29 is 18.3 Å². The fourth-order valence-electron chi connectivity index (χ4n) is 2.83. The second kappa shape index (κ2) is 7.44. The zero-order valence-corrected chi connectivity index (χ0v) is 12.7. The van der Waals surface area contributed by atoms with Gasteiger partial charge in [0.15, 0.2) is 0 Å². The average molecular weight is 316 g/mol. The molecule has 1 aliphatic rings. The van der Waals surface area contributed by atoms with Crippen molar-refractivity contribution >= 4 is 0 Å². The van der Waals surface area contributed by atoms with Gasteiger partial charge in [-0.3, -0.25) is 4.90 Å². The molecular formula is C16H23F3N2O. The first-order chi connectivity index (χ1) is 10.3. The summed E-state index contributed by atoms with van der Waals surface area (Å²) in [6, 6.07) is 7.53. The molecule has 2 atom stereocenters. The number of fused-ring (bicyclic) bond motifs is 1. The van der Waals surface area contributed by atoms with Crippen LogP contribution in [0, 0.1) is 0 Å². The lowest BCUT2D eigenvalue weighted by molar-refractivity contribution is -0.139. The van der Waals surface area contributed by atoms with Crippen LogP contribution in [0.4, 0.5) is 13.2 Å². The smallest absolute Gasteiger partial charge is 0.390 e. The number of aliphatic hydroxyl groups is 1. The quantitative estimate of drug-likeness (QED) is 0.845. The molecule has 2 unspecified atom stereocenters. The number of hydrogen-bond donors (Lipinski definition) is 2. The topological polar surface area (TPSA) is 35.5 Å². The monoisotopic (exact) mass is 316 g/mol. The molecule has 0 bridgehead atoms. The Bertz CT molecular complexity index is 479. The van der Waals surface area contributed by atoms with Crippen molar-refractivity contribution in [1.82, 2.24) is 10.2 Å². The summed E-state index contributed by atoms with van der Waals surface area (Å²) in [5, 5.41) is 12.8. The Morgan fingerprint density at radius 2 is 1.95 bits per heavy atom. The van der Waals surface area contributed by atoms with Crippen LogP contribution in [0.5, 0.6) is 0 Å². The van der Waals surface area contributed by atoms with Crippen LogP contribution in [0.3, 0.4) is 0 Å². The standard InChI is InChI=1S/C16H23F3N2O/c1-12(8-16(17,18)19)20-9-15(22)11-21-7-6-13-4-2-3-5-14(13)10-21/h2-5,12,15,20,22H,6-11H2,1H3. The Labute approximate surface area is 129 Å². The van der Waals surface area contributed by atoms with Crippen molar-refractivity contribution in [2.45, 2.75) is 44.6 Å². The summed E-state index contributed by atoms with van der Waals surface area (Å²) in [6.45, 7) is 3.78. The Morgan fingerprint density at radius 3 is 2.64 bits per heavy atom. The van der Waals surface area contributed by atoms with Crippen molar-refractivity contribution in [2.75, 3.05) is 19.6 Å². The van der Waals surface area contributed by atoms with E-state index in [1.165, 1.54) is 18.1 Å². The molecule has 1 heterocycles. The highest BCUT2D eigenvalue weighted by molar-refractivity contribution is 5.29. The molecule has 1 aromatic carbocycles. The second-order valence-electron chi connectivity index (χ2n) is 6.04. The molecule has 2 N–H and O–H groups in total. The number of nitrogens with one attached hydrogen (secondary N) is 1. The molecule has 2 rings (SSSR count). The first-order valence-corrected chi connectivity index (χ1v) is 7.61. The van der Waals surface area contributed by atoms with E-state index in [1.807, 2.05) is 12.1 Å². The summed E-state index contributed by atoms with van der Waals surface area (Å²) in [5.74, 6) is 0. The van der Waals surface area contributed by atoms with Crippen LogP contribution in [0.25, 0.3) is 0 Å². The number of aliphatic hydroxyl groups excluding tert-OH is 1. The van der Waals surface area contributed by atoms with E-state index >= 15 is 0 Å². The summed E-state index contributed by atoms with van der Waals surface area (Å²) >= 11 is 0. The van der Waals surface area contributed by atoms with Crippen LogP contribution < -0.4 is 5.32 Å². The fraction of sp³-hybridized carbons (Fsp3) is 0.625. The summed E-state index contributed by atoms with van der Waals surface area (Å²) < 4.78 is 36.7. The normalized spacial score (nSPS) is 18.8. The van der Waals surface area contributed by atoms with Gasteiger partial charge in [-0.2, -0.15) is 13.2 Å². The Morgan fingerprint density at radius 1 is 1.27 bits per heavy atom. The van der Waals surface area contributed by atoms with Crippen molar-refractivity contribution in [1.29, 1.82) is 0 Å². The predicted molar refractivity (Wildman–Crippen MR) is 79.6 cm³/mol. The van der Waals surface area contributed by atoms with E-state index in [0.29, 0.717) is 6.54 Å². The number of rotatable bonds is 6. The molecule has 6 heteroatoms. The van der Waals surface area contributed by atoms with Gasteiger partial charge in [0.1, 0.15) is 0 Å². The largest absolute Gasteiger partial charge is 0.390 e. The lowest BCUT2D eigenvalue weighted by Crippen LogP contribution is -2.43. The Kier molecular flexibility index (Phi) is 5.83. The van der Waals surface area contributed by atoms with Crippen molar-refractivity contribution in [3.63, 3.8) is 0 Å². The van der Waals surface area contributed by atoms with Crippen LogP contribution in [-0.4, -0.2) is 48.0 Å². The zero-order valence-electron chi connectivity index (χ0n) is 12.7. The third kappa shape index (κ3) is 5.59. The summed E-state index contributed by atoms with van der Waals surface area (Å²) in [7, 11) is 0. The molecule has 0 fully saturated rings. The van der Waals surface area contributed by atoms with E-state index in [1.54, 1.807) is 0 Å². The van der Waals surface area contributed by atoms with Crippen molar-refractivity contribution in [3.8, 4) is 0 Å². The van der Waals surface area contributed by atoms with E-state index < -0.39 is 24.7 Å². The SMILES string of the molecule is CC(CC(F)(F)F)NCC(O)CN1CCc2ccccc2C1. The van der Waals surface area contributed by atoms with Gasteiger partial charge in [-0.05, 0) is 24.5 Å². The lowest BCUT2D eigenvalue weighted by Gasteiger charge is -2.30. The first kappa shape index (κ1) is 17.2. The highest BCUT2D eigenvalue weighted by atomic mass is 19.4. The summed E-state index contributed by atoms with van der Waals surface area (Å²) in [5.41, 5.74) is 2.60. The van der Waals surface area contributed by atoms with Crippen LogP contribution in [0.15, 0.2) is 24.3 Å². The number of β-amino-alcohol motifs (C(OH)–C–C–N with tert-alkyl or cyclic N) is 1. The third-order valence-electron chi connectivity index (χ3n) is 3.92. The molecule has 0 spiro atoms. The summed E-state index contributed by atoms with van der Waals surface area (Å²) in [4.78, 5) is 2.14. The van der Waals surface area contributed by atoms with Crippen molar-refractivity contribution in [2.24, 2.45) is 0 Å². The van der Waals surface area contributed by atoms with Crippen molar-refractivity contribution in [3.05, 3.63) is 35.4 Å². The van der Waals surface area contributed by atoms with E-state index in [9.17, 15) is 18.3 Å². The van der Waals surface area contributed by atoms with E-state index in [-0.39, 0.29) is 6.54 Å². The van der Waals surface area contributed by atoms with Crippen LogP contribution >= 0.6 is 0 Å². The average Bonchev–Trinajstić information content (AvgIpc) is 2.43. The lowest BCUT2D eigenvalue weighted by atomic mass is 10.00. The van der Waals surface area contributed by atoms with Gasteiger partial charge in [-0.25, -0.2) is 0 Å². The van der Waals surface area contributed by atoms with Crippen LogP contribution in [0.1, 0.15) is 24.5 Å². The van der Waals surface area contributed by atoms with Gasteiger partial charge in [-0.1, -0.05) is 24.3 Å². The molecule has 1 aromatic rings. The summed E-state index contributed by atoms with van der Waals surface area (Å²) in [6.07, 6.45) is -4.77. The second-order valence-corrected chi connectivity index (χ2v) is 6.04. The van der Waals surface area contributed by atoms with Gasteiger partial charge in [0.25, 0.3) is 0 Å². The van der Waals surface area contributed by atoms with E-state index in [0.717, 1.165) is 19.5 Å². The van der Waals surface area contributed by atoms with E-state index in [4.69, 9.17) is 0 Å². The first-order valence-electron chi connectivity index (χ1n) is 7.61. The molecule has 1 aliphatic heterocycles. The van der Waals surface area contributed by atoms with E-state index in [2.05, 4.69) is 22.3 Å². The van der Waals surface area contributed by atoms with Gasteiger partial charge >= 0.3 is 6.18 Å². The molecule has 124 valence electrons. The molecule has 0 radical (unpaired) electrons. The highest BCUT2D eigenvalue weighted by Gasteiger charge is 2.30. The van der Waals surface area contributed by atoms with Crippen LogP contribution in [-0.2, 0) is 13.0 Å². The van der Waals surface area contributed by atoms with Gasteiger partial charge < -0.3 is 10.4 Å². The fourth-order valence-corrected chi connectivity index (χ4v) is 2.83. The predicted octanol–water partition coefficient (Wildman–Crippen LogP) is 2.34. The van der Waals surface area contributed by atoms with Gasteiger partial charge in [0, 0.05) is 32.2 Å². The number of nitrogens with zero attached hydrogens (tertiary/aromatic N) is 1. The molecule has 0 saturated heterocycles. The maximum atomic E-state index is 12.2. The number of alkyl halides is 3. The molecule has 3 nitrogen and oxygen atoms in total.